The number of unbranched alkanes of at least 4 members (excludes halogenated alkanes) is 1. The van der Waals surface area contributed by atoms with Crippen LogP contribution < -0.4 is 5.32 Å². The highest BCUT2D eigenvalue weighted by atomic mass is 16.5. The summed E-state index contributed by atoms with van der Waals surface area (Å²) in [5.74, 6) is -1.08. The number of esters is 1. The fourth-order valence-corrected chi connectivity index (χ4v) is 2.16. The maximum absolute atomic E-state index is 12.2. The van der Waals surface area contributed by atoms with Crippen LogP contribution in [-0.4, -0.2) is 61.6 Å². The Morgan fingerprint density at radius 3 is 2.65 bits per heavy atom. The maximum atomic E-state index is 12.2. The summed E-state index contributed by atoms with van der Waals surface area (Å²) >= 11 is 0. The minimum atomic E-state index is -1.10. The van der Waals surface area contributed by atoms with Gasteiger partial charge in [-0.2, -0.15) is 0 Å². The number of hydrogen-bond acceptors (Lipinski definition) is 5. The first kappa shape index (κ1) is 21.4. The van der Waals surface area contributed by atoms with Gasteiger partial charge in [-0.3, -0.25) is 9.59 Å². The van der Waals surface area contributed by atoms with Crippen molar-refractivity contribution in [3.05, 3.63) is 41.5 Å². The molecule has 1 atom stereocenters. The number of allylic oxidation sites excluding steroid dienone is 1. The van der Waals surface area contributed by atoms with Crippen molar-refractivity contribution in [2.75, 3.05) is 27.8 Å². The molecule has 1 unspecified atom stereocenters. The largest absolute Gasteiger partial charge is 0.467 e. The summed E-state index contributed by atoms with van der Waals surface area (Å²) in [6, 6.07) is 5.79. The highest BCUT2D eigenvalue weighted by molar-refractivity contribution is 5.97. The topological polar surface area (TPSA) is 95.9 Å². The molecular weight excluding hydrogens is 336 g/mol. The summed E-state index contributed by atoms with van der Waals surface area (Å²) in [5, 5.41) is 11.6. The first-order chi connectivity index (χ1) is 12.4. The summed E-state index contributed by atoms with van der Waals surface area (Å²) in [4.78, 5) is 36.7. The summed E-state index contributed by atoms with van der Waals surface area (Å²) in [6.45, 7) is -0.538. The normalized spacial score (nSPS) is 11.8. The van der Waals surface area contributed by atoms with Gasteiger partial charge in [0.15, 0.2) is 6.04 Å². The van der Waals surface area contributed by atoms with Gasteiger partial charge in [-0.05, 0) is 30.5 Å². The number of carbonyl (C=O) groups is 3. The van der Waals surface area contributed by atoms with Gasteiger partial charge in [-0.1, -0.05) is 24.3 Å². The average molecular weight is 362 g/mol. The first-order valence-electron chi connectivity index (χ1n) is 8.35. The molecule has 0 fully saturated rings. The molecule has 1 rings (SSSR count). The quantitative estimate of drug-likeness (QED) is 0.509. The van der Waals surface area contributed by atoms with E-state index in [2.05, 4.69) is 10.1 Å². The van der Waals surface area contributed by atoms with Gasteiger partial charge in [0, 0.05) is 26.1 Å². The third-order valence-electron chi connectivity index (χ3n) is 3.69. The van der Waals surface area contributed by atoms with Gasteiger partial charge < -0.3 is 20.1 Å². The standard InChI is InChI=1S/C19H26N2O5/c1-21(2)17(23)11-6-4-5-8-14-9-7-10-15(12-14)18(24)20-16(13-22)19(25)26-3/h5,7-10,12,16,22H,4,6,11,13H2,1-3H3,(H,20,24)/b8-5+. The zero-order chi connectivity index (χ0) is 19.5. The number of hydrogen-bond donors (Lipinski definition) is 2. The Morgan fingerprint density at radius 2 is 2.04 bits per heavy atom. The van der Waals surface area contributed by atoms with Gasteiger partial charge in [-0.25, -0.2) is 4.79 Å². The lowest BCUT2D eigenvalue weighted by Gasteiger charge is -2.13. The van der Waals surface area contributed by atoms with Gasteiger partial charge in [0.25, 0.3) is 5.91 Å². The number of aliphatic hydroxyl groups excluding tert-OH is 1. The smallest absolute Gasteiger partial charge is 0.330 e. The van der Waals surface area contributed by atoms with E-state index in [-0.39, 0.29) is 5.91 Å². The molecule has 7 nitrogen and oxygen atoms in total. The monoisotopic (exact) mass is 362 g/mol. The van der Waals surface area contributed by atoms with E-state index in [1.165, 1.54) is 7.11 Å². The molecular formula is C19H26N2O5. The Kier molecular flexibility index (Phi) is 9.08. The van der Waals surface area contributed by atoms with E-state index >= 15 is 0 Å². The lowest BCUT2D eigenvalue weighted by Crippen LogP contribution is -2.44. The Labute approximate surface area is 153 Å². The second-order valence-corrected chi connectivity index (χ2v) is 5.94. The summed E-state index contributed by atoms with van der Waals surface area (Å²) < 4.78 is 4.52. The maximum Gasteiger partial charge on any atom is 0.330 e. The molecule has 0 aliphatic heterocycles. The second-order valence-electron chi connectivity index (χ2n) is 5.94. The molecule has 0 heterocycles. The number of rotatable bonds is 9. The van der Waals surface area contributed by atoms with Gasteiger partial charge >= 0.3 is 5.97 Å². The van der Waals surface area contributed by atoms with Gasteiger partial charge in [0.1, 0.15) is 0 Å². The van der Waals surface area contributed by atoms with E-state index < -0.39 is 24.5 Å². The highest BCUT2D eigenvalue weighted by Gasteiger charge is 2.21. The molecule has 0 spiro atoms. The van der Waals surface area contributed by atoms with Crippen molar-refractivity contribution in [2.45, 2.75) is 25.3 Å². The van der Waals surface area contributed by atoms with E-state index in [9.17, 15) is 14.4 Å². The first-order valence-corrected chi connectivity index (χ1v) is 8.35. The van der Waals surface area contributed by atoms with Gasteiger partial charge in [0.05, 0.1) is 13.7 Å². The van der Waals surface area contributed by atoms with Crippen molar-refractivity contribution in [3.63, 3.8) is 0 Å². The number of amides is 2. The van der Waals surface area contributed by atoms with E-state index in [1.807, 2.05) is 18.2 Å². The second kappa shape index (κ2) is 11.0. The molecule has 0 saturated carbocycles. The molecule has 0 bridgehead atoms. The van der Waals surface area contributed by atoms with Crippen LogP contribution in [0.25, 0.3) is 6.08 Å². The Bertz CT molecular complexity index is 655. The molecule has 2 amide bonds. The summed E-state index contributed by atoms with van der Waals surface area (Å²) in [5.41, 5.74) is 1.20. The molecule has 0 aliphatic carbocycles. The molecule has 0 saturated heterocycles. The predicted molar refractivity (Wildman–Crippen MR) is 98.4 cm³/mol. The number of methoxy groups -OCH3 is 1. The van der Waals surface area contributed by atoms with Crippen molar-refractivity contribution in [3.8, 4) is 0 Å². The minimum Gasteiger partial charge on any atom is -0.467 e. The van der Waals surface area contributed by atoms with E-state index in [1.54, 1.807) is 37.2 Å². The van der Waals surface area contributed by atoms with Crippen LogP contribution in [0.2, 0.25) is 0 Å². The minimum absolute atomic E-state index is 0.0983. The van der Waals surface area contributed by atoms with E-state index in [0.29, 0.717) is 12.0 Å². The molecule has 0 aliphatic rings. The van der Waals surface area contributed by atoms with Crippen LogP contribution in [0.3, 0.4) is 0 Å². The molecule has 26 heavy (non-hydrogen) atoms. The van der Waals surface area contributed by atoms with Crippen LogP contribution in [-0.2, 0) is 14.3 Å². The van der Waals surface area contributed by atoms with Crippen molar-refractivity contribution < 1.29 is 24.2 Å². The SMILES string of the molecule is COC(=O)C(CO)NC(=O)c1cccc(/C=C/CCCC(=O)N(C)C)c1. The highest BCUT2D eigenvalue weighted by Crippen LogP contribution is 2.09. The van der Waals surface area contributed by atoms with E-state index in [4.69, 9.17) is 5.11 Å². The van der Waals surface area contributed by atoms with Gasteiger partial charge in [0.2, 0.25) is 5.91 Å². The number of aliphatic hydroxyl groups is 1. The number of nitrogens with one attached hydrogen (secondary N) is 1. The van der Waals surface area contributed by atoms with Crippen LogP contribution in [0.5, 0.6) is 0 Å². The summed E-state index contributed by atoms with van der Waals surface area (Å²) in [7, 11) is 4.65. The molecule has 1 aromatic rings. The van der Waals surface area contributed by atoms with Crippen molar-refractivity contribution in [1.29, 1.82) is 0 Å². The fraction of sp³-hybridized carbons (Fsp3) is 0.421. The van der Waals surface area contributed by atoms with Crippen molar-refractivity contribution in [2.24, 2.45) is 0 Å². The molecule has 142 valence electrons. The van der Waals surface area contributed by atoms with Crippen LogP contribution in [0.1, 0.15) is 35.2 Å². The molecule has 2 N–H and O–H groups in total. The lowest BCUT2D eigenvalue weighted by atomic mass is 10.1. The zero-order valence-electron chi connectivity index (χ0n) is 15.4. The number of nitrogens with zero attached hydrogens (tertiary/aromatic N) is 1. The van der Waals surface area contributed by atoms with Crippen LogP contribution in [0.4, 0.5) is 0 Å². The van der Waals surface area contributed by atoms with Crippen LogP contribution >= 0.6 is 0 Å². The Hall–Kier alpha value is -2.67. The third kappa shape index (κ3) is 7.06. The Morgan fingerprint density at radius 1 is 1.31 bits per heavy atom. The third-order valence-corrected chi connectivity index (χ3v) is 3.69. The van der Waals surface area contributed by atoms with Crippen molar-refractivity contribution in [1.82, 2.24) is 10.2 Å². The van der Waals surface area contributed by atoms with Gasteiger partial charge in [-0.15, -0.1) is 0 Å². The number of carbonyl (C=O) groups excluding carboxylic acids is 3. The fourth-order valence-electron chi connectivity index (χ4n) is 2.16. The lowest BCUT2D eigenvalue weighted by molar-refractivity contribution is -0.143. The number of benzene rings is 1. The Balaban J connectivity index is 2.61. The predicted octanol–water partition coefficient (Wildman–Crippen LogP) is 1.22. The van der Waals surface area contributed by atoms with E-state index in [0.717, 1.165) is 18.4 Å². The van der Waals surface area contributed by atoms with Crippen LogP contribution in [0.15, 0.2) is 30.3 Å². The van der Waals surface area contributed by atoms with Crippen LogP contribution in [0, 0.1) is 0 Å². The average Bonchev–Trinajstić information content (AvgIpc) is 2.64. The van der Waals surface area contributed by atoms with Crippen molar-refractivity contribution >= 4 is 23.9 Å². The molecule has 7 heteroatoms. The zero-order valence-corrected chi connectivity index (χ0v) is 15.4. The molecule has 0 radical (unpaired) electrons. The molecule has 1 aromatic carbocycles. The number of ether oxygens (including phenoxy) is 1. The summed E-state index contributed by atoms with van der Waals surface area (Å²) in [6.07, 6.45) is 5.83. The molecule has 0 aromatic heterocycles.